The number of thioether (sulfide) groups is 1. The molecule has 0 aliphatic carbocycles. The number of carbonyl (C=O) groups is 2. The van der Waals surface area contributed by atoms with Crippen LogP contribution >= 0.6 is 23.4 Å². The Hall–Kier alpha value is -1.98. The Morgan fingerprint density at radius 2 is 1.90 bits per heavy atom. The predicted molar refractivity (Wildman–Crippen MR) is 121 cm³/mol. The highest BCUT2D eigenvalue weighted by Crippen LogP contribution is 2.21. The second kappa shape index (κ2) is 11.9. The molecule has 1 atom stereocenters. The maximum absolute atomic E-state index is 13.0. The maximum atomic E-state index is 13.0. The van der Waals surface area contributed by atoms with E-state index in [1.807, 2.05) is 25.1 Å². The summed E-state index contributed by atoms with van der Waals surface area (Å²) in [4.78, 5) is 28.3. The van der Waals surface area contributed by atoms with Gasteiger partial charge in [0.2, 0.25) is 11.8 Å². The van der Waals surface area contributed by atoms with E-state index in [1.165, 1.54) is 5.56 Å². The molecule has 2 amide bonds. The highest BCUT2D eigenvalue weighted by Gasteiger charge is 2.25. The van der Waals surface area contributed by atoms with E-state index >= 15 is 0 Å². The van der Waals surface area contributed by atoms with Crippen molar-refractivity contribution in [1.82, 2.24) is 10.2 Å². The Morgan fingerprint density at radius 3 is 2.55 bits per heavy atom. The molecule has 156 valence electrons. The highest BCUT2D eigenvalue weighted by molar-refractivity contribution is 7.99. The first-order valence-corrected chi connectivity index (χ1v) is 11.3. The number of hydrogen-bond acceptors (Lipinski definition) is 3. The van der Waals surface area contributed by atoms with Crippen LogP contribution in [0.4, 0.5) is 0 Å². The SMILES string of the molecule is CCCNC(=O)C(C)N(Cc1cccc(Cl)c1)C(=O)CCSc1ccc(C)cc1. The molecule has 29 heavy (non-hydrogen) atoms. The molecule has 4 nitrogen and oxygen atoms in total. The molecule has 0 fully saturated rings. The topological polar surface area (TPSA) is 49.4 Å². The largest absolute Gasteiger partial charge is 0.354 e. The molecule has 2 rings (SSSR count). The van der Waals surface area contributed by atoms with E-state index in [0.29, 0.717) is 30.3 Å². The maximum Gasteiger partial charge on any atom is 0.242 e. The fourth-order valence-corrected chi connectivity index (χ4v) is 3.90. The van der Waals surface area contributed by atoms with Crippen LogP contribution in [0.5, 0.6) is 0 Å². The van der Waals surface area contributed by atoms with Gasteiger partial charge in [0.05, 0.1) is 0 Å². The van der Waals surface area contributed by atoms with Crippen molar-refractivity contribution in [2.75, 3.05) is 12.3 Å². The minimum absolute atomic E-state index is 0.0382. The first kappa shape index (κ1) is 23.3. The van der Waals surface area contributed by atoms with Gasteiger partial charge in [0.25, 0.3) is 0 Å². The van der Waals surface area contributed by atoms with Crippen molar-refractivity contribution in [3.05, 3.63) is 64.7 Å². The lowest BCUT2D eigenvalue weighted by atomic mass is 10.1. The predicted octanol–water partition coefficient (Wildman–Crippen LogP) is 5.07. The number of rotatable bonds is 10. The van der Waals surface area contributed by atoms with Crippen molar-refractivity contribution < 1.29 is 9.59 Å². The molecule has 6 heteroatoms. The summed E-state index contributed by atoms with van der Waals surface area (Å²) < 4.78 is 0. The van der Waals surface area contributed by atoms with Crippen molar-refractivity contribution >= 4 is 35.2 Å². The van der Waals surface area contributed by atoms with E-state index in [4.69, 9.17) is 11.6 Å². The number of amides is 2. The number of aryl methyl sites for hydroxylation is 1. The molecular weight excluding hydrogens is 404 g/mol. The van der Waals surface area contributed by atoms with Gasteiger partial charge in [-0.15, -0.1) is 11.8 Å². The van der Waals surface area contributed by atoms with Crippen molar-refractivity contribution in [3.8, 4) is 0 Å². The van der Waals surface area contributed by atoms with Crippen molar-refractivity contribution in [3.63, 3.8) is 0 Å². The fourth-order valence-electron chi connectivity index (χ4n) is 2.84. The van der Waals surface area contributed by atoms with Crippen molar-refractivity contribution in [1.29, 1.82) is 0 Å². The van der Waals surface area contributed by atoms with E-state index < -0.39 is 6.04 Å². The third-order valence-electron chi connectivity index (χ3n) is 4.56. The zero-order chi connectivity index (χ0) is 21.2. The minimum Gasteiger partial charge on any atom is -0.354 e. The van der Waals surface area contributed by atoms with Crippen LogP contribution in [0.3, 0.4) is 0 Å². The van der Waals surface area contributed by atoms with Crippen LogP contribution in [-0.2, 0) is 16.1 Å². The number of benzene rings is 2. The van der Waals surface area contributed by atoms with Gasteiger partial charge >= 0.3 is 0 Å². The quantitative estimate of drug-likeness (QED) is 0.533. The Bertz CT molecular complexity index is 811. The molecule has 0 heterocycles. The molecule has 2 aromatic carbocycles. The molecule has 1 unspecified atom stereocenters. The van der Waals surface area contributed by atoms with Crippen LogP contribution in [0.15, 0.2) is 53.4 Å². The average Bonchev–Trinajstić information content (AvgIpc) is 2.71. The molecule has 0 spiro atoms. The Morgan fingerprint density at radius 1 is 1.17 bits per heavy atom. The molecular formula is C23H29ClN2O2S. The summed E-state index contributed by atoms with van der Waals surface area (Å²) >= 11 is 7.74. The van der Waals surface area contributed by atoms with Crippen molar-refractivity contribution in [2.24, 2.45) is 0 Å². The fraction of sp³-hybridized carbons (Fsp3) is 0.391. The first-order valence-electron chi connectivity index (χ1n) is 9.91. The highest BCUT2D eigenvalue weighted by atomic mass is 35.5. The molecule has 0 saturated heterocycles. The van der Waals surface area contributed by atoms with E-state index in [2.05, 4.69) is 36.5 Å². The summed E-state index contributed by atoms with van der Waals surface area (Å²) in [5.41, 5.74) is 2.12. The van der Waals surface area contributed by atoms with Crippen LogP contribution in [0.25, 0.3) is 0 Å². The second-order valence-corrected chi connectivity index (χ2v) is 8.63. The normalized spacial score (nSPS) is 11.7. The van der Waals surface area contributed by atoms with Gasteiger partial charge in [-0.1, -0.05) is 48.4 Å². The molecule has 0 aliphatic heterocycles. The lowest BCUT2D eigenvalue weighted by Crippen LogP contribution is -2.47. The van der Waals surface area contributed by atoms with Crippen LogP contribution in [0.2, 0.25) is 5.02 Å². The molecule has 0 aliphatic rings. The van der Waals surface area contributed by atoms with Gasteiger partial charge in [-0.2, -0.15) is 0 Å². The van der Waals surface area contributed by atoms with Gasteiger partial charge in [0, 0.05) is 35.2 Å². The zero-order valence-electron chi connectivity index (χ0n) is 17.3. The lowest BCUT2D eigenvalue weighted by molar-refractivity contribution is -0.140. The number of hydrogen-bond donors (Lipinski definition) is 1. The standard InChI is InChI=1S/C23H29ClN2O2S/c1-4-13-25-23(28)18(3)26(16-19-6-5-7-20(24)15-19)22(27)12-14-29-21-10-8-17(2)9-11-21/h5-11,15,18H,4,12-14,16H2,1-3H3,(H,25,28). The molecule has 0 aromatic heterocycles. The average molecular weight is 433 g/mol. The van der Waals surface area contributed by atoms with Gasteiger partial charge in [-0.3, -0.25) is 9.59 Å². The van der Waals surface area contributed by atoms with Crippen LogP contribution in [-0.4, -0.2) is 35.1 Å². The third kappa shape index (κ3) is 7.75. The molecule has 1 N–H and O–H groups in total. The van der Waals surface area contributed by atoms with E-state index in [-0.39, 0.29) is 11.8 Å². The zero-order valence-corrected chi connectivity index (χ0v) is 18.9. The van der Waals surface area contributed by atoms with Gasteiger partial charge in [0.1, 0.15) is 6.04 Å². The third-order valence-corrected chi connectivity index (χ3v) is 5.81. The minimum atomic E-state index is -0.544. The summed E-state index contributed by atoms with van der Waals surface area (Å²) in [5.74, 6) is 0.495. The first-order chi connectivity index (χ1) is 13.9. The van der Waals surface area contributed by atoms with Crippen LogP contribution < -0.4 is 5.32 Å². The summed E-state index contributed by atoms with van der Waals surface area (Å²) in [6.07, 6.45) is 1.22. The van der Waals surface area contributed by atoms with Gasteiger partial charge in [-0.05, 0) is 50.1 Å². The van der Waals surface area contributed by atoms with Crippen LogP contribution in [0.1, 0.15) is 37.8 Å². The Labute approximate surface area is 183 Å². The summed E-state index contributed by atoms with van der Waals surface area (Å²) in [5, 5.41) is 3.51. The summed E-state index contributed by atoms with van der Waals surface area (Å²) in [6, 6.07) is 15.1. The number of halogens is 1. The van der Waals surface area contributed by atoms with Gasteiger partial charge in [-0.25, -0.2) is 0 Å². The number of nitrogens with zero attached hydrogens (tertiary/aromatic N) is 1. The van der Waals surface area contributed by atoms with Gasteiger partial charge in [0.15, 0.2) is 0 Å². The molecule has 0 radical (unpaired) electrons. The van der Waals surface area contributed by atoms with Gasteiger partial charge < -0.3 is 10.2 Å². The Balaban J connectivity index is 2.04. The summed E-state index contributed by atoms with van der Waals surface area (Å²) in [7, 11) is 0. The van der Waals surface area contributed by atoms with E-state index in [1.54, 1.807) is 29.7 Å². The van der Waals surface area contributed by atoms with E-state index in [0.717, 1.165) is 16.9 Å². The summed E-state index contributed by atoms with van der Waals surface area (Å²) in [6.45, 7) is 6.79. The second-order valence-electron chi connectivity index (χ2n) is 7.03. The lowest BCUT2D eigenvalue weighted by Gasteiger charge is -2.29. The molecule has 0 bridgehead atoms. The van der Waals surface area contributed by atoms with Crippen molar-refractivity contribution in [2.45, 2.75) is 51.1 Å². The van der Waals surface area contributed by atoms with E-state index in [9.17, 15) is 9.59 Å². The number of carbonyl (C=O) groups excluding carboxylic acids is 2. The molecule has 2 aromatic rings. The molecule has 0 saturated carbocycles. The number of nitrogens with one attached hydrogen (secondary N) is 1. The Kier molecular flexibility index (Phi) is 9.55. The smallest absolute Gasteiger partial charge is 0.242 e. The monoisotopic (exact) mass is 432 g/mol. The van der Waals surface area contributed by atoms with Crippen LogP contribution in [0, 0.1) is 6.92 Å².